The summed E-state index contributed by atoms with van der Waals surface area (Å²) in [6, 6.07) is 0. The molecule has 0 nitrogen and oxygen atoms in total. The minimum atomic E-state index is 0. The van der Waals surface area contributed by atoms with E-state index in [0.717, 1.165) is 12.8 Å². The van der Waals surface area contributed by atoms with Gasteiger partial charge in [0, 0.05) is 0 Å². The molecule has 1 radical (unpaired) electrons. The molecule has 0 N–H and O–H groups in total. The molecule has 0 heterocycles. The second-order valence-electron chi connectivity index (χ2n) is 2.01. The van der Waals surface area contributed by atoms with E-state index < -0.39 is 0 Å². The Kier molecular flexibility index (Phi) is 7.40. The first kappa shape index (κ1) is 10.6. The van der Waals surface area contributed by atoms with E-state index >= 15 is 0 Å². The molecule has 1 heteroatoms. The third-order valence-corrected chi connectivity index (χ3v) is 1.17. The fourth-order valence-corrected chi connectivity index (χ4v) is 0.680. The van der Waals surface area contributed by atoms with Crippen molar-refractivity contribution in [1.29, 1.82) is 0 Å². The quantitative estimate of drug-likeness (QED) is 0.445. The van der Waals surface area contributed by atoms with Crippen LogP contribution in [0.4, 0.5) is 0 Å². The van der Waals surface area contributed by atoms with Crippen molar-refractivity contribution in [3.8, 4) is 0 Å². The molecule has 0 aromatic rings. The first-order chi connectivity index (χ1) is 5.00. The van der Waals surface area contributed by atoms with Gasteiger partial charge in [-0.25, -0.2) is 24.3 Å². The summed E-state index contributed by atoms with van der Waals surface area (Å²) in [5.41, 5.74) is 0. The zero-order chi connectivity index (χ0) is 7.07. The third kappa shape index (κ3) is 6.00. The van der Waals surface area contributed by atoms with Gasteiger partial charge in [-0.15, -0.1) is 12.8 Å². The number of rotatable bonds is 0. The topological polar surface area (TPSA) is 0 Å². The van der Waals surface area contributed by atoms with Gasteiger partial charge in [-0.2, -0.15) is 12.2 Å². The maximum Gasteiger partial charge on any atom is 2.00 e. The fraction of sp³-hybridized carbons (Fsp3) is 0.200. The molecule has 2 aliphatic rings. The van der Waals surface area contributed by atoms with Crippen LogP contribution in [0.1, 0.15) is 12.8 Å². The van der Waals surface area contributed by atoms with Crippen LogP contribution in [0.15, 0.2) is 36.5 Å². The smallest absolute Gasteiger partial charge is 0.273 e. The molecule has 0 atom stereocenters. The van der Waals surface area contributed by atoms with Crippen molar-refractivity contribution >= 4 is 0 Å². The van der Waals surface area contributed by atoms with Gasteiger partial charge in [0.1, 0.15) is 0 Å². The minimum absolute atomic E-state index is 0. The number of hydrogen-bond donors (Lipinski definition) is 0. The molecular weight excluding hydrogens is 223 g/mol. The Hall–Kier alpha value is -0.417. The van der Waals surface area contributed by atoms with Crippen LogP contribution in [-0.2, 0) is 19.5 Å². The monoisotopic (exact) mass is 233 g/mol. The van der Waals surface area contributed by atoms with Crippen LogP contribution >= 0.6 is 0 Å². The summed E-state index contributed by atoms with van der Waals surface area (Å²) in [6.07, 6.45) is 20.0. The zero-order valence-corrected chi connectivity index (χ0v) is 7.85. The van der Waals surface area contributed by atoms with Gasteiger partial charge in [-0.1, -0.05) is 0 Å². The van der Waals surface area contributed by atoms with Crippen LogP contribution in [-0.4, -0.2) is 0 Å². The van der Waals surface area contributed by atoms with Gasteiger partial charge in [0.25, 0.3) is 0 Å². The predicted molar refractivity (Wildman–Crippen MR) is 43.1 cm³/mol. The summed E-state index contributed by atoms with van der Waals surface area (Å²) in [5, 5.41) is 0. The van der Waals surface area contributed by atoms with Gasteiger partial charge in [-0.05, 0) is 0 Å². The Morgan fingerprint density at radius 1 is 0.818 bits per heavy atom. The molecule has 59 valence electrons. The Morgan fingerprint density at radius 2 is 1.27 bits per heavy atom. The standard InChI is InChI=1S/2C5H5.Rh/c2*1-2-4-5-3-1;/h2*1-3H,4H2;/q2*-1;+2. The summed E-state index contributed by atoms with van der Waals surface area (Å²) in [6.45, 7) is 0. The van der Waals surface area contributed by atoms with Crippen molar-refractivity contribution in [3.63, 3.8) is 0 Å². The van der Waals surface area contributed by atoms with Crippen LogP contribution < -0.4 is 0 Å². The summed E-state index contributed by atoms with van der Waals surface area (Å²) in [7, 11) is 0. The summed E-state index contributed by atoms with van der Waals surface area (Å²) >= 11 is 0. The van der Waals surface area contributed by atoms with Crippen LogP contribution in [0.3, 0.4) is 0 Å². The molecule has 0 aromatic carbocycles. The van der Waals surface area contributed by atoms with Crippen molar-refractivity contribution in [2.75, 3.05) is 0 Å². The fourth-order valence-electron chi connectivity index (χ4n) is 0.680. The number of allylic oxidation sites excluding steroid dienone is 8. The van der Waals surface area contributed by atoms with Crippen molar-refractivity contribution in [2.45, 2.75) is 12.8 Å². The molecule has 0 amide bonds. The van der Waals surface area contributed by atoms with Gasteiger partial charge in [0.15, 0.2) is 0 Å². The summed E-state index contributed by atoms with van der Waals surface area (Å²) < 4.78 is 0. The predicted octanol–water partition coefficient (Wildman–Crippen LogP) is 2.61. The van der Waals surface area contributed by atoms with E-state index in [1.165, 1.54) is 0 Å². The molecule has 2 rings (SSSR count). The van der Waals surface area contributed by atoms with Crippen molar-refractivity contribution in [1.82, 2.24) is 0 Å². The maximum absolute atomic E-state index is 2.99. The van der Waals surface area contributed by atoms with E-state index in [-0.39, 0.29) is 19.5 Å². The van der Waals surface area contributed by atoms with Gasteiger partial charge in [0.2, 0.25) is 0 Å². The van der Waals surface area contributed by atoms with E-state index in [2.05, 4.69) is 24.3 Å². The van der Waals surface area contributed by atoms with E-state index in [1.807, 2.05) is 24.3 Å². The van der Waals surface area contributed by atoms with Gasteiger partial charge in [0.05, 0.1) is 0 Å². The van der Waals surface area contributed by atoms with Crippen LogP contribution in [0.2, 0.25) is 0 Å². The second-order valence-corrected chi connectivity index (χ2v) is 2.01. The molecule has 0 saturated carbocycles. The Bertz CT molecular complexity index is 143. The average molecular weight is 233 g/mol. The van der Waals surface area contributed by atoms with Crippen LogP contribution in [0.5, 0.6) is 0 Å². The van der Waals surface area contributed by atoms with Crippen molar-refractivity contribution in [2.24, 2.45) is 0 Å². The summed E-state index contributed by atoms with van der Waals surface area (Å²) in [5.74, 6) is 0. The van der Waals surface area contributed by atoms with Crippen LogP contribution in [0, 0.1) is 12.2 Å². The van der Waals surface area contributed by atoms with E-state index in [9.17, 15) is 0 Å². The minimum Gasteiger partial charge on any atom is -0.273 e. The Balaban J connectivity index is 0.000000167. The largest absolute Gasteiger partial charge is 2.00 e. The molecule has 0 spiro atoms. The molecule has 2 aliphatic carbocycles. The average Bonchev–Trinajstić information content (AvgIpc) is 2.67. The first-order valence-electron chi connectivity index (χ1n) is 3.43. The molecule has 0 unspecified atom stereocenters. The normalized spacial score (nSPS) is 16.0. The Labute approximate surface area is 81.1 Å². The first-order valence-corrected chi connectivity index (χ1v) is 3.43. The van der Waals surface area contributed by atoms with Crippen molar-refractivity contribution in [3.05, 3.63) is 48.6 Å². The maximum atomic E-state index is 2.99. The van der Waals surface area contributed by atoms with E-state index in [4.69, 9.17) is 0 Å². The molecule has 0 bridgehead atoms. The summed E-state index contributed by atoms with van der Waals surface area (Å²) in [4.78, 5) is 0. The molecule has 11 heavy (non-hydrogen) atoms. The van der Waals surface area contributed by atoms with E-state index in [1.54, 1.807) is 0 Å². The molecule has 0 aromatic heterocycles. The van der Waals surface area contributed by atoms with Gasteiger partial charge in [-0.3, -0.25) is 12.2 Å². The SMILES string of the molecule is [C-]1=CC=CC1.[C-]1=CC=CC1.[Rh+2]. The molecule has 0 fully saturated rings. The van der Waals surface area contributed by atoms with Gasteiger partial charge < -0.3 is 0 Å². The molecular formula is C10H10Rh. The van der Waals surface area contributed by atoms with Crippen LogP contribution in [0.25, 0.3) is 0 Å². The third-order valence-electron chi connectivity index (χ3n) is 1.17. The second kappa shape index (κ2) is 7.69. The van der Waals surface area contributed by atoms with Crippen molar-refractivity contribution < 1.29 is 19.5 Å². The van der Waals surface area contributed by atoms with Gasteiger partial charge >= 0.3 is 19.5 Å². The zero-order valence-electron chi connectivity index (χ0n) is 6.21. The molecule has 0 aliphatic heterocycles. The molecule has 0 saturated heterocycles. The number of hydrogen-bond acceptors (Lipinski definition) is 0. The Morgan fingerprint density at radius 3 is 1.36 bits per heavy atom. The van der Waals surface area contributed by atoms with E-state index in [0.29, 0.717) is 0 Å².